The summed E-state index contributed by atoms with van der Waals surface area (Å²) in [6, 6.07) is 3.48. The first-order valence-corrected chi connectivity index (χ1v) is 4.41. The van der Waals surface area contributed by atoms with E-state index < -0.39 is 0 Å². The van der Waals surface area contributed by atoms with Crippen LogP contribution in [0.15, 0.2) is 6.07 Å². The van der Waals surface area contributed by atoms with Gasteiger partial charge in [-0.1, -0.05) is 0 Å². The number of nitriles is 1. The normalized spacial score (nSPS) is 10.0. The van der Waals surface area contributed by atoms with Gasteiger partial charge in [0, 0.05) is 7.05 Å². The largest absolute Gasteiger partial charge is 0.383 e. The van der Waals surface area contributed by atoms with Crippen LogP contribution in [0.25, 0.3) is 11.0 Å². The van der Waals surface area contributed by atoms with E-state index in [4.69, 9.17) is 11.0 Å². The maximum Gasteiger partial charge on any atom is 0.212 e. The molecule has 0 aliphatic carbocycles. The number of hydrogen-bond donors (Lipinski definition) is 2. The predicted molar refractivity (Wildman–Crippen MR) is 57.3 cm³/mol. The molecule has 3 N–H and O–H groups in total. The molecule has 7 nitrogen and oxygen atoms in total. The van der Waals surface area contributed by atoms with Crippen molar-refractivity contribution in [2.24, 2.45) is 7.05 Å². The van der Waals surface area contributed by atoms with Crippen LogP contribution in [0, 0.1) is 11.3 Å². The summed E-state index contributed by atoms with van der Waals surface area (Å²) < 4.78 is 1.48. The number of rotatable bonds is 2. The molecule has 2 rings (SSSR count). The van der Waals surface area contributed by atoms with E-state index in [1.165, 1.54) is 4.68 Å². The Hall–Kier alpha value is -2.62. The molecule has 0 spiro atoms. The zero-order chi connectivity index (χ0) is 11.7. The monoisotopic (exact) mass is 216 g/mol. The van der Waals surface area contributed by atoms with Gasteiger partial charge in [-0.25, -0.2) is 9.67 Å². The van der Waals surface area contributed by atoms with E-state index in [1.807, 2.05) is 6.07 Å². The lowest BCUT2D eigenvalue weighted by Gasteiger charge is -1.98. The fourth-order valence-electron chi connectivity index (χ4n) is 1.44. The molecule has 1 amide bonds. The molecule has 0 unspecified atom stereocenters. The van der Waals surface area contributed by atoms with Crippen LogP contribution >= 0.6 is 0 Å². The van der Waals surface area contributed by atoms with Crippen LogP contribution in [-0.4, -0.2) is 21.2 Å². The van der Waals surface area contributed by atoms with Crippen molar-refractivity contribution in [3.05, 3.63) is 11.6 Å². The Balaban J connectivity index is 2.78. The number of nitrogens with one attached hydrogen (secondary N) is 1. The van der Waals surface area contributed by atoms with Crippen LogP contribution < -0.4 is 11.1 Å². The number of carbonyl (C=O) groups excluding carboxylic acids is 1. The van der Waals surface area contributed by atoms with Gasteiger partial charge in [0.1, 0.15) is 11.9 Å². The predicted octanol–water partition coefficient (Wildman–Crippen LogP) is -0.00952. The van der Waals surface area contributed by atoms with Crippen molar-refractivity contribution in [2.45, 2.75) is 0 Å². The molecule has 0 aliphatic rings. The van der Waals surface area contributed by atoms with Gasteiger partial charge in [-0.15, -0.1) is 0 Å². The lowest BCUT2D eigenvalue weighted by atomic mass is 10.2. The van der Waals surface area contributed by atoms with Crippen molar-refractivity contribution in [3.8, 4) is 6.07 Å². The minimum Gasteiger partial charge on any atom is -0.383 e. The number of pyridine rings is 1. The van der Waals surface area contributed by atoms with Crippen LogP contribution in [0.4, 0.5) is 11.6 Å². The molecule has 0 saturated heterocycles. The van der Waals surface area contributed by atoms with Crippen molar-refractivity contribution in [1.82, 2.24) is 14.8 Å². The molecule has 80 valence electrons. The van der Waals surface area contributed by atoms with Crippen LogP contribution in [0.3, 0.4) is 0 Å². The number of fused-ring (bicyclic) bond motifs is 1. The van der Waals surface area contributed by atoms with Crippen molar-refractivity contribution < 1.29 is 4.79 Å². The summed E-state index contributed by atoms with van der Waals surface area (Å²) in [5.41, 5.74) is 6.36. The third-order valence-electron chi connectivity index (χ3n) is 2.16. The van der Waals surface area contributed by atoms with Gasteiger partial charge in [-0.3, -0.25) is 4.79 Å². The van der Waals surface area contributed by atoms with E-state index in [-0.39, 0.29) is 11.4 Å². The minimum atomic E-state index is 0.149. The molecule has 0 saturated carbocycles. The summed E-state index contributed by atoms with van der Waals surface area (Å²) in [4.78, 5) is 14.4. The van der Waals surface area contributed by atoms with Crippen LogP contribution in [0.2, 0.25) is 0 Å². The SMILES string of the molecule is Cn1nc(NC=O)c2cc(C#N)c(N)nc21. The highest BCUT2D eigenvalue weighted by molar-refractivity contribution is 5.93. The van der Waals surface area contributed by atoms with Gasteiger partial charge in [0.15, 0.2) is 11.5 Å². The Labute approximate surface area is 90.5 Å². The van der Waals surface area contributed by atoms with Gasteiger partial charge in [0.2, 0.25) is 6.41 Å². The summed E-state index contributed by atoms with van der Waals surface area (Å²) >= 11 is 0. The first-order chi connectivity index (χ1) is 7.67. The van der Waals surface area contributed by atoms with Crippen molar-refractivity contribution >= 4 is 29.1 Å². The van der Waals surface area contributed by atoms with E-state index in [9.17, 15) is 4.79 Å². The van der Waals surface area contributed by atoms with E-state index in [0.29, 0.717) is 23.3 Å². The maximum absolute atomic E-state index is 10.4. The summed E-state index contributed by atoms with van der Waals surface area (Å²) in [6.07, 6.45) is 0.518. The molecule has 2 heterocycles. The minimum absolute atomic E-state index is 0.149. The highest BCUT2D eigenvalue weighted by atomic mass is 16.1. The van der Waals surface area contributed by atoms with Crippen LogP contribution in [0.5, 0.6) is 0 Å². The number of hydrogen-bond acceptors (Lipinski definition) is 5. The molecule has 0 fully saturated rings. The third kappa shape index (κ3) is 1.33. The first-order valence-electron chi connectivity index (χ1n) is 4.41. The molecule has 2 aromatic heterocycles. The van der Waals surface area contributed by atoms with E-state index in [2.05, 4.69) is 15.4 Å². The number of amides is 1. The molecule has 2 aromatic rings. The summed E-state index contributed by atoms with van der Waals surface area (Å²) in [5.74, 6) is 0.507. The van der Waals surface area contributed by atoms with Crippen LogP contribution in [-0.2, 0) is 11.8 Å². The number of anilines is 2. The molecule has 0 aliphatic heterocycles. The molecule has 0 radical (unpaired) electrons. The number of nitrogens with two attached hydrogens (primary N) is 1. The van der Waals surface area contributed by atoms with Crippen molar-refractivity contribution in [2.75, 3.05) is 11.1 Å². The quantitative estimate of drug-likeness (QED) is 0.686. The van der Waals surface area contributed by atoms with Gasteiger partial charge < -0.3 is 11.1 Å². The standard InChI is InChI=1S/C9H8N6O/c1-15-9-6(8(14-15)12-4-16)2-5(3-10)7(11)13-9/h2,4H,1H3,(H2,11,13)(H,12,14,16). The number of carbonyl (C=O) groups is 1. The number of nitrogens with zero attached hydrogens (tertiary/aromatic N) is 4. The van der Waals surface area contributed by atoms with E-state index >= 15 is 0 Å². The Morgan fingerprint density at radius 2 is 2.44 bits per heavy atom. The number of nitrogen functional groups attached to an aromatic ring is 1. The fourth-order valence-corrected chi connectivity index (χ4v) is 1.44. The average molecular weight is 216 g/mol. The number of aryl methyl sites for hydroxylation is 1. The first kappa shape index (κ1) is 9.92. The fraction of sp³-hybridized carbons (Fsp3) is 0.111. The Kier molecular flexibility index (Phi) is 2.17. The molecule has 0 aromatic carbocycles. The molecule has 0 bridgehead atoms. The second-order valence-corrected chi connectivity index (χ2v) is 3.14. The van der Waals surface area contributed by atoms with Gasteiger partial charge in [-0.2, -0.15) is 10.4 Å². The summed E-state index contributed by atoms with van der Waals surface area (Å²) in [5, 5.41) is 15.9. The van der Waals surface area contributed by atoms with Crippen molar-refractivity contribution in [3.63, 3.8) is 0 Å². The Morgan fingerprint density at radius 3 is 3.06 bits per heavy atom. The second-order valence-electron chi connectivity index (χ2n) is 3.14. The van der Waals surface area contributed by atoms with Crippen LogP contribution in [0.1, 0.15) is 5.56 Å². The Bertz CT molecular complexity index is 608. The third-order valence-corrected chi connectivity index (χ3v) is 2.16. The van der Waals surface area contributed by atoms with Gasteiger partial charge in [-0.05, 0) is 6.07 Å². The molecular weight excluding hydrogens is 208 g/mol. The molecule has 0 atom stereocenters. The second kappa shape index (κ2) is 3.51. The zero-order valence-corrected chi connectivity index (χ0v) is 8.43. The topological polar surface area (TPSA) is 110 Å². The summed E-state index contributed by atoms with van der Waals surface area (Å²) in [7, 11) is 1.68. The molecule has 16 heavy (non-hydrogen) atoms. The lowest BCUT2D eigenvalue weighted by Crippen LogP contribution is -1.98. The molecule has 7 heteroatoms. The van der Waals surface area contributed by atoms with Crippen molar-refractivity contribution in [1.29, 1.82) is 5.26 Å². The van der Waals surface area contributed by atoms with E-state index in [0.717, 1.165) is 0 Å². The lowest BCUT2D eigenvalue weighted by molar-refractivity contribution is -0.105. The van der Waals surface area contributed by atoms with Gasteiger partial charge in [0.25, 0.3) is 0 Å². The molecular formula is C9H8N6O. The smallest absolute Gasteiger partial charge is 0.212 e. The van der Waals surface area contributed by atoms with Gasteiger partial charge in [0.05, 0.1) is 10.9 Å². The zero-order valence-electron chi connectivity index (χ0n) is 8.43. The van der Waals surface area contributed by atoms with E-state index in [1.54, 1.807) is 13.1 Å². The Morgan fingerprint density at radius 1 is 1.69 bits per heavy atom. The summed E-state index contributed by atoms with van der Waals surface area (Å²) in [6.45, 7) is 0. The number of aromatic nitrogens is 3. The maximum atomic E-state index is 10.4. The highest BCUT2D eigenvalue weighted by Gasteiger charge is 2.12. The van der Waals surface area contributed by atoms with Gasteiger partial charge >= 0.3 is 0 Å². The highest BCUT2D eigenvalue weighted by Crippen LogP contribution is 2.23. The average Bonchev–Trinajstić information content (AvgIpc) is 2.55.